The van der Waals surface area contributed by atoms with Crippen LogP contribution < -0.4 is 5.73 Å². The SMILES string of the molecule is CSC(CN)c1cnc(C)[nH]1. The van der Waals surface area contributed by atoms with Crippen LogP contribution in [-0.4, -0.2) is 22.8 Å². The number of H-pyrrole nitrogens is 1. The molecule has 1 heterocycles. The Morgan fingerprint density at radius 3 is 2.91 bits per heavy atom. The summed E-state index contributed by atoms with van der Waals surface area (Å²) in [6.45, 7) is 2.60. The summed E-state index contributed by atoms with van der Waals surface area (Å²) in [6, 6.07) is 0. The molecule has 1 aromatic rings. The fraction of sp³-hybridized carbons (Fsp3) is 0.571. The third-order valence-electron chi connectivity index (χ3n) is 1.57. The van der Waals surface area contributed by atoms with Crippen molar-refractivity contribution in [2.24, 2.45) is 5.73 Å². The van der Waals surface area contributed by atoms with E-state index in [-0.39, 0.29) is 0 Å². The van der Waals surface area contributed by atoms with Crippen molar-refractivity contribution >= 4 is 11.8 Å². The van der Waals surface area contributed by atoms with E-state index in [2.05, 4.69) is 9.97 Å². The van der Waals surface area contributed by atoms with Crippen LogP contribution in [0.15, 0.2) is 6.20 Å². The van der Waals surface area contributed by atoms with Crippen molar-refractivity contribution in [1.29, 1.82) is 0 Å². The first-order valence-corrected chi connectivity index (χ1v) is 4.81. The molecular weight excluding hydrogens is 158 g/mol. The quantitative estimate of drug-likeness (QED) is 0.715. The molecule has 0 radical (unpaired) electrons. The summed E-state index contributed by atoms with van der Waals surface area (Å²) in [7, 11) is 0. The van der Waals surface area contributed by atoms with E-state index in [0.717, 1.165) is 11.5 Å². The lowest BCUT2D eigenvalue weighted by Gasteiger charge is -2.07. The number of thioether (sulfide) groups is 1. The molecule has 4 heteroatoms. The van der Waals surface area contributed by atoms with E-state index in [1.54, 1.807) is 11.8 Å². The lowest BCUT2D eigenvalue weighted by molar-refractivity contribution is 0.907. The molecule has 3 nitrogen and oxygen atoms in total. The van der Waals surface area contributed by atoms with Gasteiger partial charge in [-0.1, -0.05) is 0 Å². The molecule has 1 atom stereocenters. The molecule has 3 N–H and O–H groups in total. The average molecular weight is 171 g/mol. The van der Waals surface area contributed by atoms with Crippen molar-refractivity contribution in [2.45, 2.75) is 12.2 Å². The second-order valence-corrected chi connectivity index (χ2v) is 3.42. The molecule has 0 saturated carbocycles. The largest absolute Gasteiger partial charge is 0.345 e. The molecule has 0 aliphatic rings. The van der Waals surface area contributed by atoms with Crippen molar-refractivity contribution in [2.75, 3.05) is 12.8 Å². The zero-order valence-corrected chi connectivity index (χ0v) is 7.61. The summed E-state index contributed by atoms with van der Waals surface area (Å²) in [5, 5.41) is 0.358. The molecule has 0 saturated heterocycles. The minimum absolute atomic E-state index is 0.358. The summed E-state index contributed by atoms with van der Waals surface area (Å²) in [6.07, 6.45) is 3.90. The van der Waals surface area contributed by atoms with Crippen molar-refractivity contribution in [3.05, 3.63) is 17.7 Å². The number of hydrogen-bond donors (Lipinski definition) is 2. The maximum atomic E-state index is 5.56. The number of aromatic nitrogens is 2. The normalized spacial score (nSPS) is 13.4. The molecule has 0 fully saturated rings. The van der Waals surface area contributed by atoms with Crippen molar-refractivity contribution < 1.29 is 0 Å². The summed E-state index contributed by atoms with van der Waals surface area (Å²) < 4.78 is 0. The van der Waals surface area contributed by atoms with Gasteiger partial charge in [-0.05, 0) is 13.2 Å². The molecule has 62 valence electrons. The van der Waals surface area contributed by atoms with Crippen LogP contribution in [0.2, 0.25) is 0 Å². The van der Waals surface area contributed by atoms with Gasteiger partial charge in [0.05, 0.1) is 5.25 Å². The first-order chi connectivity index (χ1) is 5.27. The highest BCUT2D eigenvalue weighted by Crippen LogP contribution is 2.22. The van der Waals surface area contributed by atoms with Crippen molar-refractivity contribution in [3.8, 4) is 0 Å². The highest BCUT2D eigenvalue weighted by molar-refractivity contribution is 7.98. The standard InChI is InChI=1S/C7H13N3S/c1-5-9-4-6(10-5)7(3-8)11-2/h4,7H,3,8H2,1-2H3,(H,9,10). The summed E-state index contributed by atoms with van der Waals surface area (Å²) in [5.41, 5.74) is 6.68. The Morgan fingerprint density at radius 2 is 2.55 bits per heavy atom. The van der Waals surface area contributed by atoms with E-state index in [9.17, 15) is 0 Å². The Balaban J connectivity index is 2.73. The lowest BCUT2D eigenvalue weighted by Crippen LogP contribution is -2.09. The van der Waals surface area contributed by atoms with Gasteiger partial charge in [0.25, 0.3) is 0 Å². The van der Waals surface area contributed by atoms with Crippen LogP contribution >= 0.6 is 11.8 Å². The predicted octanol–water partition coefficient (Wildman–Crippen LogP) is 1.08. The third-order valence-corrected chi connectivity index (χ3v) is 2.58. The van der Waals surface area contributed by atoms with Crippen molar-refractivity contribution in [3.63, 3.8) is 0 Å². The predicted molar refractivity (Wildman–Crippen MR) is 48.6 cm³/mol. The third kappa shape index (κ3) is 1.97. The maximum absolute atomic E-state index is 5.56. The molecule has 1 unspecified atom stereocenters. The Hall–Kier alpha value is -0.480. The maximum Gasteiger partial charge on any atom is 0.103 e. The van der Waals surface area contributed by atoms with Gasteiger partial charge in [0.2, 0.25) is 0 Å². The zero-order valence-electron chi connectivity index (χ0n) is 6.79. The second kappa shape index (κ2) is 3.78. The van der Waals surface area contributed by atoms with Crippen LogP contribution in [0.3, 0.4) is 0 Å². The molecule has 11 heavy (non-hydrogen) atoms. The first-order valence-electron chi connectivity index (χ1n) is 3.52. The average Bonchev–Trinajstić information content (AvgIpc) is 2.39. The van der Waals surface area contributed by atoms with Crippen LogP contribution in [0, 0.1) is 6.92 Å². The first kappa shape index (κ1) is 8.62. The van der Waals surface area contributed by atoms with Crippen LogP contribution in [0.5, 0.6) is 0 Å². The van der Waals surface area contributed by atoms with Gasteiger partial charge in [-0.25, -0.2) is 4.98 Å². The van der Waals surface area contributed by atoms with E-state index in [0.29, 0.717) is 11.8 Å². The number of nitrogens with one attached hydrogen (secondary N) is 1. The van der Waals surface area contributed by atoms with Gasteiger partial charge in [-0.15, -0.1) is 0 Å². The Kier molecular flexibility index (Phi) is 2.96. The number of nitrogens with two attached hydrogens (primary N) is 1. The van der Waals surface area contributed by atoms with E-state index in [1.807, 2.05) is 19.4 Å². The number of hydrogen-bond acceptors (Lipinski definition) is 3. The Labute approximate surface area is 70.8 Å². The van der Waals surface area contributed by atoms with Crippen LogP contribution in [-0.2, 0) is 0 Å². The molecule has 0 amide bonds. The van der Waals surface area contributed by atoms with Gasteiger partial charge in [0.1, 0.15) is 5.82 Å². The number of imidazole rings is 1. The smallest absolute Gasteiger partial charge is 0.103 e. The molecular formula is C7H13N3S. The topological polar surface area (TPSA) is 54.7 Å². The monoisotopic (exact) mass is 171 g/mol. The molecule has 0 aliphatic carbocycles. The molecule has 0 aliphatic heterocycles. The summed E-state index contributed by atoms with van der Waals surface area (Å²) >= 11 is 1.74. The molecule has 0 aromatic carbocycles. The van der Waals surface area contributed by atoms with E-state index in [4.69, 9.17) is 5.73 Å². The number of aromatic amines is 1. The van der Waals surface area contributed by atoms with E-state index >= 15 is 0 Å². The van der Waals surface area contributed by atoms with Crippen molar-refractivity contribution in [1.82, 2.24) is 9.97 Å². The number of rotatable bonds is 3. The fourth-order valence-corrected chi connectivity index (χ4v) is 1.52. The van der Waals surface area contributed by atoms with E-state index in [1.165, 1.54) is 0 Å². The number of aryl methyl sites for hydroxylation is 1. The Bertz CT molecular complexity index is 217. The summed E-state index contributed by atoms with van der Waals surface area (Å²) in [4.78, 5) is 7.28. The highest BCUT2D eigenvalue weighted by atomic mass is 32.2. The van der Waals surface area contributed by atoms with Gasteiger partial charge < -0.3 is 10.7 Å². The minimum atomic E-state index is 0.358. The van der Waals surface area contributed by atoms with Gasteiger partial charge in [0.15, 0.2) is 0 Å². The minimum Gasteiger partial charge on any atom is -0.345 e. The van der Waals surface area contributed by atoms with Gasteiger partial charge in [0, 0.05) is 18.4 Å². The fourth-order valence-electron chi connectivity index (χ4n) is 0.954. The molecule has 1 rings (SSSR count). The zero-order chi connectivity index (χ0) is 8.27. The second-order valence-electron chi connectivity index (χ2n) is 2.38. The Morgan fingerprint density at radius 1 is 1.82 bits per heavy atom. The van der Waals surface area contributed by atoms with Crippen LogP contribution in [0.4, 0.5) is 0 Å². The molecule has 1 aromatic heterocycles. The molecule has 0 spiro atoms. The van der Waals surface area contributed by atoms with Gasteiger partial charge in [-0.3, -0.25) is 0 Å². The van der Waals surface area contributed by atoms with Gasteiger partial charge in [-0.2, -0.15) is 11.8 Å². The molecule has 0 bridgehead atoms. The van der Waals surface area contributed by atoms with Gasteiger partial charge >= 0.3 is 0 Å². The number of nitrogens with zero attached hydrogens (tertiary/aromatic N) is 1. The lowest BCUT2D eigenvalue weighted by atomic mass is 10.3. The van der Waals surface area contributed by atoms with Crippen LogP contribution in [0.25, 0.3) is 0 Å². The van der Waals surface area contributed by atoms with E-state index < -0.39 is 0 Å². The highest BCUT2D eigenvalue weighted by Gasteiger charge is 2.08. The van der Waals surface area contributed by atoms with Crippen LogP contribution in [0.1, 0.15) is 16.8 Å². The summed E-state index contributed by atoms with van der Waals surface area (Å²) in [5.74, 6) is 0.951.